The van der Waals surface area contributed by atoms with Crippen LogP contribution in [0.15, 0.2) is 6.07 Å². The summed E-state index contributed by atoms with van der Waals surface area (Å²) in [5.74, 6) is -5.73. The number of phenolic OH excluding ortho intramolecular Hbond substituents is 1. The molecular weight excluding hydrogens is 824 g/mol. The minimum Gasteiger partial charge on any atom is -0.506 e. The summed E-state index contributed by atoms with van der Waals surface area (Å²) in [6, 6.07) is 1.72. The average Bonchev–Trinajstić information content (AvgIpc) is 3.86. The Labute approximate surface area is 355 Å². The third kappa shape index (κ3) is 5.76. The molecule has 5 saturated heterocycles. The molecule has 62 heavy (non-hydrogen) atoms. The van der Waals surface area contributed by atoms with Crippen LogP contribution in [0.2, 0.25) is 0 Å². The van der Waals surface area contributed by atoms with Crippen LogP contribution in [-0.2, 0) is 52.2 Å². The van der Waals surface area contributed by atoms with Crippen molar-refractivity contribution in [3.05, 3.63) is 28.3 Å². The highest BCUT2D eigenvalue weighted by Gasteiger charge is 2.94. The van der Waals surface area contributed by atoms with Gasteiger partial charge in [0.15, 0.2) is 30.6 Å². The summed E-state index contributed by atoms with van der Waals surface area (Å²) in [6.45, 7) is 8.85. The highest BCUT2D eigenvalue weighted by molar-refractivity contribution is 6.13. The number of epoxide rings is 1. The summed E-state index contributed by atoms with van der Waals surface area (Å²) in [7, 11) is 4.17. The van der Waals surface area contributed by atoms with Crippen LogP contribution in [0.3, 0.4) is 0 Å². The smallest absolute Gasteiger partial charge is 0.303 e. The second-order valence-corrected chi connectivity index (χ2v) is 17.7. The Balaban J connectivity index is 1.18. The van der Waals surface area contributed by atoms with Crippen LogP contribution in [0.5, 0.6) is 17.2 Å². The molecule has 342 valence electrons. The lowest BCUT2D eigenvalue weighted by molar-refractivity contribution is -0.390. The van der Waals surface area contributed by atoms with Crippen molar-refractivity contribution < 1.29 is 97.1 Å². The minimum absolute atomic E-state index is 0.00701. The van der Waals surface area contributed by atoms with E-state index in [0.29, 0.717) is 11.1 Å². The molecule has 1 spiro atoms. The van der Waals surface area contributed by atoms with Gasteiger partial charge in [-0.2, -0.15) is 0 Å². The van der Waals surface area contributed by atoms with Crippen LogP contribution in [0, 0.1) is 6.92 Å². The first-order valence-corrected chi connectivity index (χ1v) is 20.7. The number of hydrogen-bond acceptors (Lipinski definition) is 20. The summed E-state index contributed by atoms with van der Waals surface area (Å²) >= 11 is 0. The molecular formula is C42H54O20. The van der Waals surface area contributed by atoms with E-state index in [4.69, 9.17) is 56.8 Å². The highest BCUT2D eigenvalue weighted by atomic mass is 16.9. The van der Waals surface area contributed by atoms with Crippen molar-refractivity contribution in [2.24, 2.45) is 0 Å². The molecule has 5 fully saturated rings. The number of ketones is 1. The number of Topliss-reactive ketones (excluding diaryl/α,β-unsaturated/α-hetero) is 1. The number of aromatic hydroxyl groups is 1. The molecule has 6 heterocycles. The second kappa shape index (κ2) is 14.6. The minimum atomic E-state index is -2.04. The molecule has 2 aromatic carbocycles. The third-order valence-electron chi connectivity index (χ3n) is 13.9. The number of carbonyl (C=O) groups is 2. The molecule has 7 aliphatic rings. The lowest BCUT2D eigenvalue weighted by Gasteiger charge is -2.52. The van der Waals surface area contributed by atoms with Gasteiger partial charge in [-0.1, -0.05) is 0 Å². The number of aliphatic hydroxyl groups is 5. The Morgan fingerprint density at radius 3 is 2.29 bits per heavy atom. The van der Waals surface area contributed by atoms with Gasteiger partial charge in [0.05, 0.1) is 55.2 Å². The number of fused-ring (bicyclic) bond motifs is 8. The zero-order valence-corrected chi connectivity index (χ0v) is 35.7. The van der Waals surface area contributed by atoms with E-state index in [1.165, 1.54) is 49.0 Å². The Bertz CT molecular complexity index is 2150. The van der Waals surface area contributed by atoms with Gasteiger partial charge in [0.1, 0.15) is 40.7 Å². The lowest BCUT2D eigenvalue weighted by Crippen LogP contribution is -2.72. The van der Waals surface area contributed by atoms with Crippen LogP contribution in [0.4, 0.5) is 0 Å². The molecule has 0 amide bonds. The summed E-state index contributed by atoms with van der Waals surface area (Å²) in [5, 5.41) is 68.3. The quantitative estimate of drug-likeness (QED) is 0.110. The molecule has 0 saturated carbocycles. The summed E-state index contributed by atoms with van der Waals surface area (Å²) in [6.07, 6.45) is -15.2. The SMILES string of the molecule is COc1c2c(c(O)c3c4c(c(C)cc13)C1OC3(C(OC)OC)OC1C(OC1CC(O)[C@@](O)(C(C)O)C(C)O1)(O4)C31CO1)C(=O)C(O)CC2OC1C[C@@](C)(O)C(OC(C)=O)C(C)O1. The van der Waals surface area contributed by atoms with E-state index in [1.807, 2.05) is 0 Å². The van der Waals surface area contributed by atoms with Crippen LogP contribution in [-0.4, -0.2) is 160 Å². The van der Waals surface area contributed by atoms with Gasteiger partial charge in [0, 0.05) is 56.9 Å². The van der Waals surface area contributed by atoms with E-state index in [0.717, 1.165) is 0 Å². The van der Waals surface area contributed by atoms with Crippen molar-refractivity contribution in [2.75, 3.05) is 27.9 Å². The Morgan fingerprint density at radius 1 is 1.02 bits per heavy atom. The molecule has 0 aromatic heterocycles. The molecule has 20 nitrogen and oxygen atoms in total. The molecule has 6 aliphatic heterocycles. The van der Waals surface area contributed by atoms with Crippen molar-refractivity contribution in [1.82, 2.24) is 0 Å². The molecule has 9 rings (SSSR count). The fraction of sp³-hybridized carbons (Fsp3) is 0.714. The van der Waals surface area contributed by atoms with Crippen molar-refractivity contribution in [3.63, 3.8) is 0 Å². The molecule has 14 unspecified atom stereocenters. The second-order valence-electron chi connectivity index (χ2n) is 17.7. The van der Waals surface area contributed by atoms with Crippen LogP contribution in [0.1, 0.15) is 93.1 Å². The molecule has 16 atom stereocenters. The Kier molecular flexibility index (Phi) is 10.3. The first-order chi connectivity index (χ1) is 29.2. The zero-order chi connectivity index (χ0) is 44.8. The normalized spacial score (nSPS) is 43.4. The van der Waals surface area contributed by atoms with Crippen molar-refractivity contribution in [3.8, 4) is 17.2 Å². The summed E-state index contributed by atoms with van der Waals surface area (Å²) in [5.41, 5.74) is -4.49. The monoisotopic (exact) mass is 878 g/mol. The lowest BCUT2D eigenvalue weighted by atomic mass is 9.77. The van der Waals surface area contributed by atoms with Gasteiger partial charge in [-0.05, 0) is 46.2 Å². The van der Waals surface area contributed by atoms with Gasteiger partial charge >= 0.3 is 5.97 Å². The number of methoxy groups -OCH3 is 3. The summed E-state index contributed by atoms with van der Waals surface area (Å²) in [4.78, 5) is 25.9. The number of carbonyl (C=O) groups excluding carboxylic acids is 2. The first kappa shape index (κ1) is 43.9. The number of rotatable bonds is 10. The maximum atomic E-state index is 14.1. The van der Waals surface area contributed by atoms with Crippen molar-refractivity contribution >= 4 is 22.5 Å². The molecule has 20 heteroatoms. The fourth-order valence-electron chi connectivity index (χ4n) is 10.9. The molecule has 2 aromatic rings. The molecule has 6 N–H and O–H groups in total. The molecule has 2 bridgehead atoms. The zero-order valence-electron chi connectivity index (χ0n) is 35.7. The Morgan fingerprint density at radius 2 is 1.71 bits per heavy atom. The van der Waals surface area contributed by atoms with Crippen molar-refractivity contribution in [2.45, 2.75) is 163 Å². The number of phenols is 1. The number of hydrogen-bond donors (Lipinski definition) is 6. The summed E-state index contributed by atoms with van der Waals surface area (Å²) < 4.78 is 75.1. The third-order valence-corrected chi connectivity index (χ3v) is 13.9. The van der Waals surface area contributed by atoms with Gasteiger partial charge in [0.2, 0.25) is 11.9 Å². The Hall–Kier alpha value is -3.32. The van der Waals surface area contributed by atoms with E-state index in [1.54, 1.807) is 19.9 Å². The number of aryl methyl sites for hydroxylation is 1. The fourth-order valence-corrected chi connectivity index (χ4v) is 10.9. The topological polar surface area (TPSA) is 270 Å². The van der Waals surface area contributed by atoms with Gasteiger partial charge in [-0.3, -0.25) is 9.59 Å². The van der Waals surface area contributed by atoms with Crippen molar-refractivity contribution in [1.29, 1.82) is 0 Å². The van der Waals surface area contributed by atoms with Crippen LogP contribution < -0.4 is 9.47 Å². The highest BCUT2D eigenvalue weighted by Crippen LogP contribution is 2.72. The first-order valence-electron chi connectivity index (χ1n) is 20.7. The predicted molar refractivity (Wildman–Crippen MR) is 205 cm³/mol. The van der Waals surface area contributed by atoms with Crippen LogP contribution in [0.25, 0.3) is 10.8 Å². The van der Waals surface area contributed by atoms with E-state index < -0.39 is 120 Å². The largest absolute Gasteiger partial charge is 0.506 e. The van der Waals surface area contributed by atoms with Crippen LogP contribution >= 0.6 is 0 Å². The maximum absolute atomic E-state index is 14.1. The van der Waals surface area contributed by atoms with E-state index in [-0.39, 0.29) is 59.3 Å². The van der Waals surface area contributed by atoms with Gasteiger partial charge in [-0.15, -0.1) is 0 Å². The number of esters is 1. The number of aliphatic hydroxyl groups excluding tert-OH is 3. The van der Waals surface area contributed by atoms with E-state index in [2.05, 4.69) is 0 Å². The number of ether oxygens (including phenoxy) is 12. The molecule has 1 aliphatic carbocycles. The van der Waals surface area contributed by atoms with Gasteiger partial charge in [0.25, 0.3) is 11.6 Å². The van der Waals surface area contributed by atoms with E-state index >= 15 is 0 Å². The van der Waals surface area contributed by atoms with Gasteiger partial charge in [-0.25, -0.2) is 0 Å². The number of benzene rings is 2. The average molecular weight is 879 g/mol. The molecule has 0 radical (unpaired) electrons. The maximum Gasteiger partial charge on any atom is 0.303 e. The standard InChI is InChI=1S/C42H54O20/c1-15-10-20-27(31(48)29-28(32(20)51-7)22(11-21(45)30(29)47)58-25-13-38(6,49)35(16(2)55-25)57-19(5)44)33-26(15)34-36-41(60-33,39(14-54-39)42(61-34,62-36)37(52-8)53-9)59-24-12-23(46)40(50,17(3)43)18(4)56-24/h10,16-18,21-25,34-37,43,45-46,48-50H,11-14H2,1-9H3/t16?,17?,18?,21?,22?,23?,24?,25?,34?,35?,36?,38-,39?,40-,41?,42?/m1/s1. The predicted octanol–water partition coefficient (Wildman–Crippen LogP) is 0.952. The van der Waals surface area contributed by atoms with Gasteiger partial charge < -0.3 is 87.5 Å². The van der Waals surface area contributed by atoms with E-state index in [9.17, 15) is 40.2 Å².